The summed E-state index contributed by atoms with van der Waals surface area (Å²) >= 11 is 0. The van der Waals surface area contributed by atoms with Crippen molar-refractivity contribution in [3.63, 3.8) is 0 Å². The molecule has 0 atom stereocenters. The van der Waals surface area contributed by atoms with Crippen LogP contribution in [-0.4, -0.2) is 47.9 Å². The lowest BCUT2D eigenvalue weighted by Crippen LogP contribution is -2.45. The zero-order valence-corrected chi connectivity index (χ0v) is 12.6. The molecule has 110 valence electrons. The van der Waals surface area contributed by atoms with Crippen LogP contribution in [0.5, 0.6) is 0 Å². The highest BCUT2D eigenvalue weighted by Crippen LogP contribution is 2.29. The van der Waals surface area contributed by atoms with Crippen molar-refractivity contribution < 1.29 is 0 Å². The summed E-state index contributed by atoms with van der Waals surface area (Å²) in [6.45, 7) is 8.01. The fourth-order valence-corrected chi connectivity index (χ4v) is 2.69. The summed E-state index contributed by atoms with van der Waals surface area (Å²) in [5.74, 6) is 1.26. The van der Waals surface area contributed by atoms with E-state index in [9.17, 15) is 5.26 Å². The summed E-state index contributed by atoms with van der Waals surface area (Å²) in [5.41, 5.74) is 6.67. The SMILES string of the molecule is CCC(CC)n1nc(N2CCN(C)CC2)c(C#N)c1N. The maximum atomic E-state index is 9.40. The maximum absolute atomic E-state index is 9.40. The second-order valence-corrected chi connectivity index (χ2v) is 5.40. The van der Waals surface area contributed by atoms with E-state index >= 15 is 0 Å². The van der Waals surface area contributed by atoms with Crippen LogP contribution in [0.25, 0.3) is 0 Å². The number of nitriles is 1. The van der Waals surface area contributed by atoms with Crippen LogP contribution >= 0.6 is 0 Å². The van der Waals surface area contributed by atoms with Crippen LogP contribution < -0.4 is 10.6 Å². The van der Waals surface area contributed by atoms with Gasteiger partial charge in [0.15, 0.2) is 5.82 Å². The highest BCUT2D eigenvalue weighted by Gasteiger charge is 2.25. The normalized spacial score (nSPS) is 16.6. The van der Waals surface area contributed by atoms with Gasteiger partial charge in [0.2, 0.25) is 0 Å². The Morgan fingerprint density at radius 1 is 1.25 bits per heavy atom. The van der Waals surface area contributed by atoms with Crippen molar-refractivity contribution >= 4 is 11.6 Å². The lowest BCUT2D eigenvalue weighted by molar-refractivity contribution is 0.311. The molecule has 1 saturated heterocycles. The Labute approximate surface area is 120 Å². The lowest BCUT2D eigenvalue weighted by atomic mass is 10.2. The summed E-state index contributed by atoms with van der Waals surface area (Å²) in [4.78, 5) is 4.46. The highest BCUT2D eigenvalue weighted by atomic mass is 15.4. The Bertz CT molecular complexity index is 488. The number of hydrogen-bond acceptors (Lipinski definition) is 5. The number of likely N-dealkylation sites (N-methyl/N-ethyl adjacent to an activating group) is 1. The number of piperazine rings is 1. The van der Waals surface area contributed by atoms with E-state index in [1.54, 1.807) is 0 Å². The molecule has 0 spiro atoms. The van der Waals surface area contributed by atoms with Crippen molar-refractivity contribution in [1.29, 1.82) is 5.26 Å². The third-order valence-electron chi connectivity index (χ3n) is 4.13. The van der Waals surface area contributed by atoms with Gasteiger partial charge in [-0.1, -0.05) is 13.8 Å². The Morgan fingerprint density at radius 2 is 1.85 bits per heavy atom. The van der Waals surface area contributed by atoms with Gasteiger partial charge in [0.05, 0.1) is 6.04 Å². The number of nitrogen functional groups attached to an aromatic ring is 1. The van der Waals surface area contributed by atoms with Crippen molar-refractivity contribution in [3.05, 3.63) is 5.56 Å². The van der Waals surface area contributed by atoms with Crippen LogP contribution in [-0.2, 0) is 0 Å². The molecule has 0 saturated carbocycles. The first kappa shape index (κ1) is 14.7. The first-order valence-corrected chi connectivity index (χ1v) is 7.33. The Balaban J connectivity index is 2.34. The van der Waals surface area contributed by atoms with E-state index in [4.69, 9.17) is 5.73 Å². The van der Waals surface area contributed by atoms with E-state index in [1.807, 2.05) is 4.68 Å². The van der Waals surface area contributed by atoms with Gasteiger partial charge in [-0.15, -0.1) is 0 Å². The minimum atomic E-state index is 0.267. The van der Waals surface area contributed by atoms with Gasteiger partial charge in [-0.25, -0.2) is 4.68 Å². The van der Waals surface area contributed by atoms with Crippen LogP contribution in [0.3, 0.4) is 0 Å². The topological polar surface area (TPSA) is 74.1 Å². The summed E-state index contributed by atoms with van der Waals surface area (Å²) in [6.07, 6.45) is 1.94. The number of rotatable bonds is 4. The van der Waals surface area contributed by atoms with Crippen molar-refractivity contribution in [2.24, 2.45) is 0 Å². The Hall–Kier alpha value is -1.74. The largest absolute Gasteiger partial charge is 0.383 e. The van der Waals surface area contributed by atoms with Gasteiger partial charge in [0, 0.05) is 26.2 Å². The third kappa shape index (κ3) is 2.59. The minimum Gasteiger partial charge on any atom is -0.383 e. The molecule has 1 fully saturated rings. The predicted molar refractivity (Wildman–Crippen MR) is 80.7 cm³/mol. The van der Waals surface area contributed by atoms with Gasteiger partial charge < -0.3 is 15.5 Å². The van der Waals surface area contributed by atoms with Gasteiger partial charge >= 0.3 is 0 Å². The molecule has 6 heteroatoms. The molecule has 0 radical (unpaired) electrons. The van der Waals surface area contributed by atoms with E-state index in [-0.39, 0.29) is 6.04 Å². The monoisotopic (exact) mass is 276 g/mol. The zero-order valence-electron chi connectivity index (χ0n) is 12.6. The second-order valence-electron chi connectivity index (χ2n) is 5.40. The van der Waals surface area contributed by atoms with Crippen LogP contribution in [0.1, 0.15) is 38.3 Å². The Morgan fingerprint density at radius 3 is 2.35 bits per heavy atom. The first-order valence-electron chi connectivity index (χ1n) is 7.33. The molecule has 1 aliphatic rings. The number of aromatic nitrogens is 2. The van der Waals surface area contributed by atoms with Crippen LogP contribution in [0, 0.1) is 11.3 Å². The van der Waals surface area contributed by atoms with E-state index in [0.29, 0.717) is 11.4 Å². The van der Waals surface area contributed by atoms with Crippen LogP contribution in [0.15, 0.2) is 0 Å². The molecule has 2 heterocycles. The van der Waals surface area contributed by atoms with Crippen molar-refractivity contribution in [3.8, 4) is 6.07 Å². The molecule has 0 aliphatic carbocycles. The van der Waals surface area contributed by atoms with Crippen molar-refractivity contribution in [2.75, 3.05) is 43.9 Å². The number of hydrogen-bond donors (Lipinski definition) is 1. The molecule has 2 rings (SSSR count). The van der Waals surface area contributed by atoms with E-state index in [2.05, 4.69) is 41.9 Å². The summed E-state index contributed by atoms with van der Waals surface area (Å²) in [5, 5.41) is 14.0. The molecule has 1 aromatic rings. The van der Waals surface area contributed by atoms with Gasteiger partial charge in [0.1, 0.15) is 17.5 Å². The van der Waals surface area contributed by atoms with Gasteiger partial charge in [0.25, 0.3) is 0 Å². The van der Waals surface area contributed by atoms with Gasteiger partial charge in [-0.3, -0.25) is 0 Å². The third-order valence-corrected chi connectivity index (χ3v) is 4.13. The number of anilines is 2. The van der Waals surface area contributed by atoms with Gasteiger partial charge in [-0.2, -0.15) is 10.4 Å². The molecule has 6 nitrogen and oxygen atoms in total. The van der Waals surface area contributed by atoms with E-state index in [0.717, 1.165) is 44.8 Å². The standard InChI is InChI=1S/C14H24N6/c1-4-11(5-2)20-13(16)12(10-15)14(17-20)19-8-6-18(3)7-9-19/h11H,4-9,16H2,1-3H3. The summed E-state index contributed by atoms with van der Waals surface area (Å²) in [7, 11) is 2.11. The average Bonchev–Trinajstić information content (AvgIpc) is 2.78. The molecule has 1 aliphatic heterocycles. The molecule has 1 aromatic heterocycles. The Kier molecular flexibility index (Phi) is 4.50. The second kappa shape index (κ2) is 6.14. The maximum Gasteiger partial charge on any atom is 0.171 e. The fourth-order valence-electron chi connectivity index (χ4n) is 2.69. The van der Waals surface area contributed by atoms with Crippen molar-refractivity contribution in [1.82, 2.24) is 14.7 Å². The van der Waals surface area contributed by atoms with Crippen LogP contribution in [0.4, 0.5) is 11.6 Å². The number of nitrogens with zero attached hydrogens (tertiary/aromatic N) is 5. The predicted octanol–water partition coefficient (Wildman–Crippen LogP) is 1.45. The quantitative estimate of drug-likeness (QED) is 0.901. The molecule has 20 heavy (non-hydrogen) atoms. The highest BCUT2D eigenvalue weighted by molar-refractivity contribution is 5.65. The minimum absolute atomic E-state index is 0.267. The lowest BCUT2D eigenvalue weighted by Gasteiger charge is -2.32. The fraction of sp³-hybridized carbons (Fsp3) is 0.714. The van der Waals surface area contributed by atoms with Crippen LogP contribution in [0.2, 0.25) is 0 Å². The summed E-state index contributed by atoms with van der Waals surface area (Å²) < 4.78 is 1.84. The zero-order chi connectivity index (χ0) is 14.7. The van der Waals surface area contributed by atoms with E-state index < -0.39 is 0 Å². The molecule has 0 bridgehead atoms. The van der Waals surface area contributed by atoms with E-state index in [1.165, 1.54) is 0 Å². The first-order chi connectivity index (χ1) is 9.62. The molecular weight excluding hydrogens is 252 g/mol. The molecule has 0 amide bonds. The molecule has 2 N–H and O–H groups in total. The summed E-state index contributed by atoms with van der Waals surface area (Å²) in [6, 6.07) is 2.50. The molecule has 0 unspecified atom stereocenters. The smallest absolute Gasteiger partial charge is 0.171 e. The van der Waals surface area contributed by atoms with Crippen molar-refractivity contribution in [2.45, 2.75) is 32.7 Å². The molecular formula is C14H24N6. The van der Waals surface area contributed by atoms with Gasteiger partial charge in [-0.05, 0) is 19.9 Å². The average molecular weight is 276 g/mol. The molecule has 0 aromatic carbocycles. The number of nitrogens with two attached hydrogens (primary N) is 1.